The van der Waals surface area contributed by atoms with E-state index in [1.54, 1.807) is 37.4 Å². The molecule has 0 aliphatic heterocycles. The van der Waals surface area contributed by atoms with Gasteiger partial charge in [0, 0.05) is 24.6 Å². The number of carbonyl (C=O) groups is 5. The summed E-state index contributed by atoms with van der Waals surface area (Å²) in [5.74, 6) is -0.251. The summed E-state index contributed by atoms with van der Waals surface area (Å²) in [5, 5.41) is 14.9. The third-order valence-corrected chi connectivity index (χ3v) is 9.92. The van der Waals surface area contributed by atoms with E-state index in [0.717, 1.165) is 31.2 Å². The summed E-state index contributed by atoms with van der Waals surface area (Å²) in [5.41, 5.74) is 14.4. The van der Waals surface area contributed by atoms with Gasteiger partial charge in [-0.3, -0.25) is 28.5 Å². The Morgan fingerprint density at radius 1 is 0.983 bits per heavy atom. The van der Waals surface area contributed by atoms with Crippen molar-refractivity contribution in [3.63, 3.8) is 0 Å². The van der Waals surface area contributed by atoms with Crippen LogP contribution in [0.25, 0.3) is 0 Å². The number of nitrogens with two attached hydrogens (primary N) is 1. The molecule has 0 saturated heterocycles. The molecule has 4 amide bonds. The quantitative estimate of drug-likeness (QED) is 0.0203. The first-order valence-corrected chi connectivity index (χ1v) is 21.7. The molecule has 1 atom stereocenters. The second kappa shape index (κ2) is 29.1. The number of quaternary nitrogens is 1. The van der Waals surface area contributed by atoms with Crippen molar-refractivity contribution in [2.24, 2.45) is 28.6 Å². The summed E-state index contributed by atoms with van der Waals surface area (Å²) in [6.45, 7) is 14.6. The lowest BCUT2D eigenvalue weighted by atomic mass is 9.78. The monoisotopic (exact) mass is 846 g/mol. The molecule has 0 spiro atoms. The molecule has 340 valence electrons. The van der Waals surface area contributed by atoms with Crippen LogP contribution in [0.5, 0.6) is 0 Å². The zero-order chi connectivity index (χ0) is 45.1. The molecule has 1 aliphatic rings. The summed E-state index contributed by atoms with van der Waals surface area (Å²) in [7, 11) is 3.83. The van der Waals surface area contributed by atoms with Crippen LogP contribution in [0.3, 0.4) is 0 Å². The fourth-order valence-electron chi connectivity index (χ4n) is 6.58. The van der Waals surface area contributed by atoms with Crippen molar-refractivity contribution < 1.29 is 42.7 Å². The number of hydrogen-bond acceptors (Lipinski definition) is 11. The Bertz CT molecular complexity index is 1490. The van der Waals surface area contributed by atoms with Crippen molar-refractivity contribution >= 4 is 35.3 Å². The van der Waals surface area contributed by atoms with E-state index >= 15 is 0 Å². The number of amides is 4. The SMILES string of the molecule is CC.CCC(=O)OCc1ccc(NC(=O)C(CCCCN)NC(=O)COCC(=O)NCCC(C)(C)OC[N+](C)(C)/C=C(/CNC(=O)C2CCC(CC(C)C)CC2)N=N)cc1. The highest BCUT2D eigenvalue weighted by Crippen LogP contribution is 2.32. The van der Waals surface area contributed by atoms with Gasteiger partial charge in [-0.2, -0.15) is 5.11 Å². The van der Waals surface area contributed by atoms with Gasteiger partial charge in [-0.05, 0) is 108 Å². The maximum Gasteiger partial charge on any atom is 0.305 e. The third kappa shape index (κ3) is 23.5. The molecular weight excluding hydrogens is 769 g/mol. The molecule has 16 nitrogen and oxygen atoms in total. The second-order valence-corrected chi connectivity index (χ2v) is 16.8. The van der Waals surface area contributed by atoms with Gasteiger partial charge in [0.2, 0.25) is 23.6 Å². The lowest BCUT2D eigenvalue weighted by Gasteiger charge is -2.32. The highest BCUT2D eigenvalue weighted by atomic mass is 16.5. The summed E-state index contributed by atoms with van der Waals surface area (Å²) < 4.78 is 16.9. The number of carbonyl (C=O) groups excluding carboxylic acids is 5. The van der Waals surface area contributed by atoms with Crippen molar-refractivity contribution in [3.8, 4) is 0 Å². The van der Waals surface area contributed by atoms with Gasteiger partial charge in [-0.25, -0.2) is 5.53 Å². The van der Waals surface area contributed by atoms with E-state index in [1.807, 2.05) is 41.8 Å². The molecule has 2 rings (SSSR count). The van der Waals surface area contributed by atoms with Crippen molar-refractivity contribution in [2.45, 2.75) is 131 Å². The normalized spacial score (nSPS) is 16.1. The predicted octanol–water partition coefficient (Wildman–Crippen LogP) is 5.91. The van der Waals surface area contributed by atoms with Gasteiger partial charge in [-0.1, -0.05) is 46.8 Å². The topological polar surface area (TPSA) is 223 Å². The third-order valence-electron chi connectivity index (χ3n) is 9.92. The van der Waals surface area contributed by atoms with E-state index in [-0.39, 0.29) is 55.2 Å². The molecule has 16 heteroatoms. The van der Waals surface area contributed by atoms with Crippen LogP contribution >= 0.6 is 0 Å². The first kappa shape index (κ1) is 53.8. The zero-order valence-electron chi connectivity index (χ0n) is 38.0. The second-order valence-electron chi connectivity index (χ2n) is 16.8. The average Bonchev–Trinajstić information content (AvgIpc) is 3.21. The lowest BCUT2D eigenvalue weighted by Crippen LogP contribution is -2.45. The van der Waals surface area contributed by atoms with Crippen LogP contribution in [0.1, 0.15) is 118 Å². The van der Waals surface area contributed by atoms with Crippen LogP contribution in [0, 0.1) is 23.3 Å². The number of ether oxygens (including phenoxy) is 3. The van der Waals surface area contributed by atoms with Gasteiger partial charge < -0.3 is 41.2 Å². The minimum absolute atomic E-state index is 0.00666. The number of anilines is 1. The molecule has 1 aromatic rings. The Labute approximate surface area is 359 Å². The molecule has 7 N–H and O–H groups in total. The van der Waals surface area contributed by atoms with Crippen LogP contribution in [-0.2, 0) is 44.8 Å². The first-order chi connectivity index (χ1) is 28.4. The number of unbranched alkanes of at least 4 members (excludes halogenated alkanes) is 1. The maximum atomic E-state index is 13.1. The molecule has 1 fully saturated rings. The average molecular weight is 846 g/mol. The fourth-order valence-corrected chi connectivity index (χ4v) is 6.58. The van der Waals surface area contributed by atoms with Gasteiger partial charge in [0.1, 0.15) is 37.8 Å². The largest absolute Gasteiger partial charge is 0.461 e. The lowest BCUT2D eigenvalue weighted by molar-refractivity contribution is -0.863. The van der Waals surface area contributed by atoms with Gasteiger partial charge in [0.15, 0.2) is 6.73 Å². The van der Waals surface area contributed by atoms with Gasteiger partial charge >= 0.3 is 5.97 Å². The molecule has 60 heavy (non-hydrogen) atoms. The minimum atomic E-state index is -0.842. The number of nitrogens with one attached hydrogen (secondary N) is 5. The van der Waals surface area contributed by atoms with E-state index in [9.17, 15) is 24.0 Å². The standard InChI is InChI=1S/C42H70N8O8.C2H6/c1-8-39(53)57-26-32-14-18-34(19-15-32)47-41(55)36(11-9-10-21-43)48-38(52)28-56-27-37(51)45-22-20-42(4,5)58-29-50(6,7)25-35(49-44)24-46-40(54)33-16-12-31(13-17-33)23-30(2)3;1-2/h14-15,18-19,25,30-31,33,36,44H,8-13,16-17,20-24,26-29,43H2,1-7H3,(H3-,45,46,47,48,51,52,54,55);1-2H3/p+1/b35-25-,49-44?;. The Morgan fingerprint density at radius 2 is 1.63 bits per heavy atom. The van der Waals surface area contributed by atoms with Crippen molar-refractivity contribution in [2.75, 3.05) is 59.0 Å². The highest BCUT2D eigenvalue weighted by Gasteiger charge is 2.28. The minimum Gasteiger partial charge on any atom is -0.461 e. The van der Waals surface area contributed by atoms with Crippen LogP contribution < -0.4 is 27.0 Å². The Kier molecular flexibility index (Phi) is 26.1. The Morgan fingerprint density at radius 3 is 2.23 bits per heavy atom. The van der Waals surface area contributed by atoms with E-state index in [2.05, 4.69) is 40.2 Å². The van der Waals surface area contributed by atoms with E-state index in [0.29, 0.717) is 62.0 Å². The smallest absolute Gasteiger partial charge is 0.305 e. The summed E-state index contributed by atoms with van der Waals surface area (Å²) >= 11 is 0. The molecule has 0 bridgehead atoms. The number of hydrogen-bond donors (Lipinski definition) is 6. The molecule has 0 aromatic heterocycles. The number of rotatable bonds is 27. The van der Waals surface area contributed by atoms with Crippen molar-refractivity contribution in [1.29, 1.82) is 5.53 Å². The fraction of sp³-hybridized carbons (Fsp3) is 0.705. The van der Waals surface area contributed by atoms with Crippen LogP contribution in [-0.4, -0.2) is 99.4 Å². The molecule has 1 saturated carbocycles. The molecule has 0 radical (unpaired) electrons. The molecular formula is C44H77N8O8+. The molecule has 1 aliphatic carbocycles. The van der Waals surface area contributed by atoms with Gasteiger partial charge in [0.25, 0.3) is 0 Å². The van der Waals surface area contributed by atoms with Crippen molar-refractivity contribution in [1.82, 2.24) is 16.0 Å². The van der Waals surface area contributed by atoms with Crippen LogP contribution in [0.2, 0.25) is 0 Å². The maximum absolute atomic E-state index is 13.1. The Hall–Kier alpha value is -4.25. The number of nitrogens with zero attached hydrogens (tertiary/aromatic N) is 2. The van der Waals surface area contributed by atoms with E-state index in [4.69, 9.17) is 25.5 Å². The highest BCUT2D eigenvalue weighted by molar-refractivity contribution is 5.97. The number of benzene rings is 1. The first-order valence-electron chi connectivity index (χ1n) is 21.7. The zero-order valence-corrected chi connectivity index (χ0v) is 38.0. The summed E-state index contributed by atoms with van der Waals surface area (Å²) in [4.78, 5) is 62.5. The van der Waals surface area contributed by atoms with Crippen LogP contribution in [0.15, 0.2) is 41.3 Å². The van der Waals surface area contributed by atoms with Gasteiger partial charge in [-0.15, -0.1) is 0 Å². The molecule has 1 aromatic carbocycles. The van der Waals surface area contributed by atoms with E-state index < -0.39 is 36.0 Å². The van der Waals surface area contributed by atoms with Crippen LogP contribution in [0.4, 0.5) is 5.69 Å². The molecule has 1 unspecified atom stereocenters. The van der Waals surface area contributed by atoms with Crippen molar-refractivity contribution in [3.05, 3.63) is 41.7 Å². The predicted molar refractivity (Wildman–Crippen MR) is 233 cm³/mol. The van der Waals surface area contributed by atoms with E-state index in [1.165, 1.54) is 6.42 Å². The molecule has 0 heterocycles. The van der Waals surface area contributed by atoms with Gasteiger partial charge in [0.05, 0.1) is 26.2 Å². The number of esters is 1. The summed E-state index contributed by atoms with van der Waals surface area (Å²) in [6, 6.07) is 6.02. The Balaban J connectivity index is 0.00000886. The summed E-state index contributed by atoms with van der Waals surface area (Å²) in [6.07, 6.45) is 9.40.